The van der Waals surface area contributed by atoms with E-state index in [1.807, 2.05) is 12.1 Å². The molecule has 3 fully saturated rings. The third kappa shape index (κ3) is 5.98. The second-order valence-electron chi connectivity index (χ2n) is 10.9. The maximum atomic E-state index is 9.89. The summed E-state index contributed by atoms with van der Waals surface area (Å²) in [5.74, 6) is 9.01. The number of aromatic hydroxyl groups is 1. The van der Waals surface area contributed by atoms with Gasteiger partial charge in [0.15, 0.2) is 5.82 Å². The van der Waals surface area contributed by atoms with E-state index in [-0.39, 0.29) is 5.75 Å². The number of likely N-dealkylation sites (tertiary alicyclic amines) is 1. The third-order valence-corrected chi connectivity index (χ3v) is 8.21. The molecule has 3 aliphatic rings. The summed E-state index contributed by atoms with van der Waals surface area (Å²) >= 11 is 0. The van der Waals surface area contributed by atoms with Crippen LogP contribution in [0.3, 0.4) is 0 Å². The smallest absolute Gasteiger partial charge is 0.152 e. The maximum Gasteiger partial charge on any atom is 0.152 e. The predicted molar refractivity (Wildman–Crippen MR) is 142 cm³/mol. The molecule has 5 rings (SSSR count). The molecule has 0 radical (unpaired) electrons. The highest BCUT2D eigenvalue weighted by molar-refractivity contribution is 5.57. The van der Waals surface area contributed by atoms with Crippen molar-refractivity contribution in [3.63, 3.8) is 0 Å². The zero-order chi connectivity index (χ0) is 24.0. The van der Waals surface area contributed by atoms with E-state index in [4.69, 9.17) is 10.2 Å². The summed E-state index contributed by atoms with van der Waals surface area (Å²) in [5, 5.41) is 23.4. The minimum Gasteiger partial charge on any atom is -0.508 e. The molecule has 2 saturated carbocycles. The van der Waals surface area contributed by atoms with Crippen LogP contribution in [0.4, 0.5) is 5.82 Å². The predicted octanol–water partition coefficient (Wildman–Crippen LogP) is 6.18. The van der Waals surface area contributed by atoms with Gasteiger partial charge in [0.05, 0.1) is 0 Å². The van der Waals surface area contributed by atoms with Crippen LogP contribution < -0.4 is 5.32 Å². The van der Waals surface area contributed by atoms with E-state index in [9.17, 15) is 5.11 Å². The van der Waals surface area contributed by atoms with Crippen LogP contribution in [0.1, 0.15) is 111 Å². The number of benzene rings is 1. The standard InChI is InChI=1S/C30H40N4O/c1-34-19-9-15-25(21-34)31-30-29(24-13-6-3-7-14-24)28(23-11-4-2-5-12-23)27(32-33-30)18-17-22-10-8-16-26(35)20-22/h8,10,16,20,23-25,35H,2-7,9,11-15,19,21H2,1H3,(H,31,33). The van der Waals surface area contributed by atoms with Crippen LogP contribution in [-0.4, -0.2) is 46.4 Å². The number of aromatic nitrogens is 2. The van der Waals surface area contributed by atoms with Crippen LogP contribution >= 0.6 is 0 Å². The van der Waals surface area contributed by atoms with Crippen LogP contribution in [0.15, 0.2) is 24.3 Å². The lowest BCUT2D eigenvalue weighted by Crippen LogP contribution is -2.40. The normalized spacial score (nSPS) is 22.4. The van der Waals surface area contributed by atoms with Crippen molar-refractivity contribution in [3.8, 4) is 17.6 Å². The number of likely N-dealkylation sites (N-methyl/N-ethyl adjacent to an activating group) is 1. The number of nitrogens with zero attached hydrogens (tertiary/aromatic N) is 3. The van der Waals surface area contributed by atoms with Crippen LogP contribution in [-0.2, 0) is 0 Å². The van der Waals surface area contributed by atoms with Crippen molar-refractivity contribution in [1.82, 2.24) is 15.1 Å². The van der Waals surface area contributed by atoms with Gasteiger partial charge in [0.2, 0.25) is 0 Å². The first kappa shape index (κ1) is 24.1. The minimum atomic E-state index is 0.246. The van der Waals surface area contributed by atoms with Gasteiger partial charge in [-0.15, -0.1) is 10.2 Å². The minimum absolute atomic E-state index is 0.246. The van der Waals surface area contributed by atoms with E-state index in [1.165, 1.54) is 94.7 Å². The number of nitrogens with one attached hydrogen (secondary N) is 1. The SMILES string of the molecule is CN1CCCC(Nc2nnc(C#Cc3cccc(O)c3)c(C3CCCCC3)c2C2CCCCC2)C1. The molecular formula is C30H40N4O. The molecule has 2 N–H and O–H groups in total. The van der Waals surface area contributed by atoms with Gasteiger partial charge in [-0.1, -0.05) is 50.5 Å². The Hall–Kier alpha value is -2.58. The molecule has 5 nitrogen and oxygen atoms in total. The Morgan fingerprint density at radius 3 is 2.26 bits per heavy atom. The Morgan fingerprint density at radius 1 is 0.857 bits per heavy atom. The average Bonchev–Trinajstić information content (AvgIpc) is 2.89. The molecule has 1 aromatic carbocycles. The zero-order valence-corrected chi connectivity index (χ0v) is 21.2. The Bertz CT molecular complexity index is 1060. The molecule has 1 atom stereocenters. The van der Waals surface area contributed by atoms with Gasteiger partial charge in [0, 0.05) is 23.7 Å². The van der Waals surface area contributed by atoms with Crippen LogP contribution in [0.25, 0.3) is 0 Å². The summed E-state index contributed by atoms with van der Waals surface area (Å²) < 4.78 is 0. The number of anilines is 1. The summed E-state index contributed by atoms with van der Waals surface area (Å²) in [5.41, 5.74) is 4.48. The lowest BCUT2D eigenvalue weighted by Gasteiger charge is -2.34. The van der Waals surface area contributed by atoms with Gasteiger partial charge in [-0.05, 0) is 93.6 Å². The summed E-state index contributed by atoms with van der Waals surface area (Å²) in [7, 11) is 2.22. The first-order chi connectivity index (χ1) is 17.2. The summed E-state index contributed by atoms with van der Waals surface area (Å²) in [6.07, 6.45) is 15.2. The van der Waals surface area contributed by atoms with Crippen LogP contribution in [0.2, 0.25) is 0 Å². The fourth-order valence-electron chi connectivity index (χ4n) is 6.46. The van der Waals surface area contributed by atoms with Crippen molar-refractivity contribution < 1.29 is 5.11 Å². The average molecular weight is 473 g/mol. The lowest BCUT2D eigenvalue weighted by atomic mass is 9.75. The van der Waals surface area contributed by atoms with Crippen LogP contribution in [0, 0.1) is 11.8 Å². The zero-order valence-electron chi connectivity index (χ0n) is 21.2. The molecule has 1 unspecified atom stereocenters. The highest BCUT2D eigenvalue weighted by atomic mass is 16.3. The summed E-state index contributed by atoms with van der Waals surface area (Å²) in [6.45, 7) is 2.24. The largest absolute Gasteiger partial charge is 0.508 e. The molecule has 0 spiro atoms. The number of piperidine rings is 1. The molecule has 35 heavy (non-hydrogen) atoms. The first-order valence-corrected chi connectivity index (χ1v) is 13.8. The lowest BCUT2D eigenvalue weighted by molar-refractivity contribution is 0.260. The van der Waals surface area contributed by atoms with Crippen molar-refractivity contribution in [2.24, 2.45) is 0 Å². The van der Waals surface area contributed by atoms with E-state index in [2.05, 4.69) is 29.1 Å². The molecule has 0 bridgehead atoms. The second-order valence-corrected chi connectivity index (χ2v) is 10.9. The van der Waals surface area contributed by atoms with Gasteiger partial charge in [-0.3, -0.25) is 0 Å². The van der Waals surface area contributed by atoms with Gasteiger partial charge in [-0.2, -0.15) is 0 Å². The molecule has 2 heterocycles. The quantitative estimate of drug-likeness (QED) is 0.520. The number of rotatable bonds is 4. The number of phenolic OH excluding ortho intramolecular Hbond substituents is 1. The van der Waals surface area contributed by atoms with Crippen molar-refractivity contribution in [3.05, 3.63) is 46.6 Å². The van der Waals surface area contributed by atoms with E-state index in [0.717, 1.165) is 23.6 Å². The van der Waals surface area contributed by atoms with E-state index >= 15 is 0 Å². The fraction of sp³-hybridized carbons (Fsp3) is 0.600. The molecule has 2 aromatic rings. The van der Waals surface area contributed by atoms with Crippen molar-refractivity contribution in [2.75, 3.05) is 25.5 Å². The van der Waals surface area contributed by atoms with Gasteiger partial charge in [0.1, 0.15) is 11.4 Å². The molecular weight excluding hydrogens is 432 g/mol. The Morgan fingerprint density at radius 2 is 1.57 bits per heavy atom. The van der Waals surface area contributed by atoms with Gasteiger partial charge in [0.25, 0.3) is 0 Å². The maximum absolute atomic E-state index is 9.89. The summed E-state index contributed by atoms with van der Waals surface area (Å²) in [6, 6.07) is 7.61. The summed E-state index contributed by atoms with van der Waals surface area (Å²) in [4.78, 5) is 2.42. The Balaban J connectivity index is 1.58. The Kier molecular flexibility index (Phi) is 7.88. The van der Waals surface area contributed by atoms with Crippen molar-refractivity contribution in [2.45, 2.75) is 94.9 Å². The van der Waals surface area contributed by atoms with Crippen molar-refractivity contribution in [1.29, 1.82) is 0 Å². The number of phenols is 1. The molecule has 5 heteroatoms. The highest BCUT2D eigenvalue weighted by Crippen LogP contribution is 2.44. The third-order valence-electron chi connectivity index (χ3n) is 8.21. The fourth-order valence-corrected chi connectivity index (χ4v) is 6.46. The van der Waals surface area contributed by atoms with E-state index in [1.54, 1.807) is 12.1 Å². The van der Waals surface area contributed by atoms with E-state index < -0.39 is 0 Å². The van der Waals surface area contributed by atoms with Gasteiger partial charge in [-0.25, -0.2) is 0 Å². The topological polar surface area (TPSA) is 61.3 Å². The molecule has 1 aliphatic heterocycles. The van der Waals surface area contributed by atoms with Gasteiger partial charge < -0.3 is 15.3 Å². The van der Waals surface area contributed by atoms with E-state index in [0.29, 0.717) is 17.9 Å². The van der Waals surface area contributed by atoms with Gasteiger partial charge >= 0.3 is 0 Å². The molecule has 0 amide bonds. The molecule has 186 valence electrons. The van der Waals surface area contributed by atoms with Crippen LogP contribution in [0.5, 0.6) is 5.75 Å². The number of hydrogen-bond acceptors (Lipinski definition) is 5. The number of hydrogen-bond donors (Lipinski definition) is 2. The van der Waals surface area contributed by atoms with Crippen molar-refractivity contribution >= 4 is 5.82 Å². The molecule has 1 aromatic heterocycles. The molecule has 1 saturated heterocycles. The highest BCUT2D eigenvalue weighted by Gasteiger charge is 2.31. The monoisotopic (exact) mass is 472 g/mol. The molecule has 2 aliphatic carbocycles. The first-order valence-electron chi connectivity index (χ1n) is 13.8. The second kappa shape index (κ2) is 11.4. The Labute approximate surface area is 210 Å².